The summed E-state index contributed by atoms with van der Waals surface area (Å²) in [5.41, 5.74) is 0.595. The van der Waals surface area contributed by atoms with Gasteiger partial charge in [0.1, 0.15) is 18.8 Å². The predicted octanol–water partition coefficient (Wildman–Crippen LogP) is -0.729. The number of hydrogen-bond donors (Lipinski definition) is 1. The molecule has 2 aromatic heterocycles. The summed E-state index contributed by atoms with van der Waals surface area (Å²) in [5.74, 6) is -0.950. The number of aromatic nitrogens is 5. The minimum atomic E-state index is -3.11. The van der Waals surface area contributed by atoms with Crippen LogP contribution in [0.15, 0.2) is 28.1 Å². The first kappa shape index (κ1) is 19.2. The van der Waals surface area contributed by atoms with Crippen molar-refractivity contribution in [2.24, 2.45) is 4.36 Å². The molecule has 0 bridgehead atoms. The summed E-state index contributed by atoms with van der Waals surface area (Å²) < 4.78 is 20.0. The molecule has 2 aromatic rings. The smallest absolute Gasteiger partial charge is 0.282 e. The minimum Gasteiger partial charge on any atom is -0.383 e. The molecular formula is C15H21N7O4S. The van der Waals surface area contributed by atoms with E-state index in [1.807, 2.05) is 0 Å². The molecule has 0 radical (unpaired) electrons. The van der Waals surface area contributed by atoms with E-state index in [0.29, 0.717) is 23.7 Å². The number of aliphatic hydroxyl groups is 1. The van der Waals surface area contributed by atoms with Crippen LogP contribution in [0, 0.1) is 0 Å². The standard InChI is InChI=1S/C15H21N7O4S/c1-11(23)20-5-6-22-12(8-20)14(7-17-22)27(2,26)19-15(25)13(24)3-4-21-10-16-9-18-21/h7,9-10,13,24H,3-6,8H2,1-2H3. The van der Waals surface area contributed by atoms with Crippen LogP contribution in [-0.4, -0.2) is 69.5 Å². The number of nitrogens with zero attached hydrogens (tertiary/aromatic N) is 7. The summed E-state index contributed by atoms with van der Waals surface area (Å²) in [7, 11) is -3.11. The Balaban J connectivity index is 1.77. The molecule has 0 aliphatic carbocycles. The second kappa shape index (κ2) is 7.56. The molecule has 0 saturated heterocycles. The van der Waals surface area contributed by atoms with Crippen LogP contribution in [0.1, 0.15) is 19.0 Å². The van der Waals surface area contributed by atoms with Gasteiger partial charge in [-0.15, -0.1) is 0 Å². The summed E-state index contributed by atoms with van der Waals surface area (Å²) in [6.07, 6.45) is 4.25. The van der Waals surface area contributed by atoms with Crippen molar-refractivity contribution in [1.82, 2.24) is 29.4 Å². The van der Waals surface area contributed by atoms with Crippen LogP contribution in [-0.2, 0) is 39.0 Å². The number of rotatable bonds is 5. The van der Waals surface area contributed by atoms with Crippen molar-refractivity contribution in [2.75, 3.05) is 12.8 Å². The average Bonchev–Trinajstić information content (AvgIpc) is 3.28. The Hall–Kier alpha value is -2.60. The molecule has 27 heavy (non-hydrogen) atoms. The summed E-state index contributed by atoms with van der Waals surface area (Å²) >= 11 is 0. The monoisotopic (exact) mass is 395 g/mol. The molecule has 0 spiro atoms. The van der Waals surface area contributed by atoms with Gasteiger partial charge in [0.25, 0.3) is 5.91 Å². The molecule has 3 heterocycles. The number of carbonyl (C=O) groups excluding carboxylic acids is 2. The second-order valence-corrected chi connectivity index (χ2v) is 8.54. The van der Waals surface area contributed by atoms with E-state index in [1.165, 1.54) is 36.7 Å². The highest BCUT2D eigenvalue weighted by Crippen LogP contribution is 2.22. The van der Waals surface area contributed by atoms with Gasteiger partial charge in [-0.1, -0.05) is 0 Å². The number of fused-ring (bicyclic) bond motifs is 1. The third kappa shape index (κ3) is 4.22. The molecule has 1 N–H and O–H groups in total. The minimum absolute atomic E-state index is 0.0748. The Morgan fingerprint density at radius 3 is 2.81 bits per heavy atom. The van der Waals surface area contributed by atoms with Gasteiger partial charge in [0.15, 0.2) is 0 Å². The third-order valence-corrected chi connectivity index (χ3v) is 6.02. The zero-order valence-electron chi connectivity index (χ0n) is 15.1. The lowest BCUT2D eigenvalue weighted by Crippen LogP contribution is -2.37. The quantitative estimate of drug-likeness (QED) is 0.705. The molecule has 0 fully saturated rings. The topological polar surface area (TPSA) is 136 Å². The average molecular weight is 395 g/mol. The van der Waals surface area contributed by atoms with Crippen LogP contribution >= 0.6 is 0 Å². The first-order valence-corrected chi connectivity index (χ1v) is 10.3. The summed E-state index contributed by atoms with van der Waals surface area (Å²) in [6.45, 7) is 3.01. The van der Waals surface area contributed by atoms with Gasteiger partial charge in [-0.25, -0.2) is 9.19 Å². The SMILES string of the molecule is CC(=O)N1CCn2ncc(S(C)(=O)=NC(=O)C(O)CCn3cncn3)c2C1. The highest BCUT2D eigenvalue weighted by atomic mass is 32.2. The van der Waals surface area contributed by atoms with Gasteiger partial charge in [-0.05, 0) is 0 Å². The van der Waals surface area contributed by atoms with Crippen LogP contribution in [0.3, 0.4) is 0 Å². The molecule has 0 aromatic carbocycles. The molecular weight excluding hydrogens is 374 g/mol. The molecule has 2 unspecified atom stereocenters. The normalized spacial score (nSPS) is 17.1. The van der Waals surface area contributed by atoms with Crippen LogP contribution in [0.5, 0.6) is 0 Å². The largest absolute Gasteiger partial charge is 0.383 e. The van der Waals surface area contributed by atoms with E-state index in [2.05, 4.69) is 19.5 Å². The number of aliphatic hydroxyl groups excluding tert-OH is 1. The maximum absolute atomic E-state index is 13.1. The van der Waals surface area contributed by atoms with E-state index in [-0.39, 0.29) is 25.4 Å². The summed E-state index contributed by atoms with van der Waals surface area (Å²) in [4.78, 5) is 29.6. The Bertz CT molecular complexity index is 959. The van der Waals surface area contributed by atoms with Gasteiger partial charge in [-0.2, -0.15) is 14.6 Å². The molecule has 11 nitrogen and oxygen atoms in total. The van der Waals surface area contributed by atoms with Crippen LogP contribution in [0.2, 0.25) is 0 Å². The molecule has 2 atom stereocenters. The predicted molar refractivity (Wildman–Crippen MR) is 93.7 cm³/mol. The number of amides is 2. The van der Waals surface area contributed by atoms with Crippen molar-refractivity contribution < 1.29 is 18.9 Å². The lowest BCUT2D eigenvalue weighted by Gasteiger charge is -2.27. The van der Waals surface area contributed by atoms with Gasteiger partial charge >= 0.3 is 0 Å². The maximum atomic E-state index is 13.1. The summed E-state index contributed by atoms with van der Waals surface area (Å²) in [5, 5.41) is 18.1. The van der Waals surface area contributed by atoms with Gasteiger partial charge in [0, 0.05) is 32.7 Å². The molecule has 3 rings (SSSR count). The fraction of sp³-hybridized carbons (Fsp3) is 0.533. The molecule has 1 aliphatic rings. The van der Waals surface area contributed by atoms with Crippen LogP contribution in [0.25, 0.3) is 0 Å². The van der Waals surface area contributed by atoms with Gasteiger partial charge in [-0.3, -0.25) is 19.0 Å². The first-order chi connectivity index (χ1) is 12.8. The fourth-order valence-electron chi connectivity index (χ4n) is 2.81. The molecule has 0 saturated carbocycles. The van der Waals surface area contributed by atoms with E-state index >= 15 is 0 Å². The Morgan fingerprint density at radius 2 is 2.15 bits per heavy atom. The van der Waals surface area contributed by atoms with E-state index < -0.39 is 21.7 Å². The number of aryl methyl sites for hydroxylation is 1. The van der Waals surface area contributed by atoms with Crippen molar-refractivity contribution in [1.29, 1.82) is 0 Å². The van der Waals surface area contributed by atoms with E-state index in [9.17, 15) is 18.9 Å². The van der Waals surface area contributed by atoms with E-state index in [4.69, 9.17) is 0 Å². The maximum Gasteiger partial charge on any atom is 0.282 e. The Morgan fingerprint density at radius 1 is 1.37 bits per heavy atom. The Labute approximate surface area is 156 Å². The molecule has 2 amide bonds. The van der Waals surface area contributed by atoms with E-state index in [1.54, 1.807) is 9.58 Å². The third-order valence-electron chi connectivity index (χ3n) is 4.33. The highest BCUT2D eigenvalue weighted by Gasteiger charge is 2.26. The zero-order valence-corrected chi connectivity index (χ0v) is 15.9. The van der Waals surface area contributed by atoms with Crippen LogP contribution in [0.4, 0.5) is 0 Å². The van der Waals surface area contributed by atoms with Crippen LogP contribution < -0.4 is 0 Å². The fourth-order valence-corrected chi connectivity index (χ4v) is 4.23. The van der Waals surface area contributed by atoms with Gasteiger partial charge in [0.05, 0.1) is 39.6 Å². The number of carbonyl (C=O) groups is 2. The zero-order chi connectivity index (χ0) is 19.6. The van der Waals surface area contributed by atoms with Crippen molar-refractivity contribution in [3.8, 4) is 0 Å². The lowest BCUT2D eigenvalue weighted by atomic mass is 10.2. The molecule has 146 valence electrons. The van der Waals surface area contributed by atoms with Crippen molar-refractivity contribution in [3.63, 3.8) is 0 Å². The van der Waals surface area contributed by atoms with Gasteiger partial charge in [0.2, 0.25) is 5.91 Å². The van der Waals surface area contributed by atoms with E-state index in [0.717, 1.165) is 0 Å². The molecule has 12 heteroatoms. The Kier molecular flexibility index (Phi) is 5.37. The molecule has 1 aliphatic heterocycles. The van der Waals surface area contributed by atoms with Crippen molar-refractivity contribution in [3.05, 3.63) is 24.5 Å². The summed E-state index contributed by atoms with van der Waals surface area (Å²) in [6, 6.07) is 0. The number of hydrogen-bond acceptors (Lipinski definition) is 7. The van der Waals surface area contributed by atoms with Gasteiger partial charge < -0.3 is 10.0 Å². The first-order valence-electron chi connectivity index (χ1n) is 8.34. The van der Waals surface area contributed by atoms with Crippen molar-refractivity contribution >= 4 is 21.5 Å². The highest BCUT2D eigenvalue weighted by molar-refractivity contribution is 7.93. The lowest BCUT2D eigenvalue weighted by molar-refractivity contribution is -0.130. The second-order valence-electron chi connectivity index (χ2n) is 6.31. The van der Waals surface area contributed by atoms with Crippen molar-refractivity contribution in [2.45, 2.75) is 44.0 Å².